The highest BCUT2D eigenvalue weighted by Gasteiger charge is 2.27. The van der Waals surface area contributed by atoms with Gasteiger partial charge < -0.3 is 10.3 Å². The molecule has 0 radical (unpaired) electrons. The Balaban J connectivity index is 2.00. The summed E-state index contributed by atoms with van der Waals surface area (Å²) in [6.45, 7) is 0. The minimum Gasteiger partial charge on any atom is -0.343 e. The number of nitro benzene ring substituents is 1. The number of allylic oxidation sites excluding steroid dienone is 5. The van der Waals surface area contributed by atoms with E-state index < -0.39 is 0 Å². The molecule has 0 atom stereocenters. The van der Waals surface area contributed by atoms with Gasteiger partial charge in [0.2, 0.25) is 0 Å². The van der Waals surface area contributed by atoms with Crippen molar-refractivity contribution >= 4 is 22.8 Å². The molecule has 0 aromatic heterocycles. The number of non-ortho nitro benzene ring substituents is 1. The Morgan fingerprint density at radius 3 is 2.32 bits per heavy atom. The first-order valence-electron chi connectivity index (χ1n) is 7.87. The molecule has 25 heavy (non-hydrogen) atoms. The summed E-state index contributed by atoms with van der Waals surface area (Å²) in [5.74, 6) is 0. The van der Waals surface area contributed by atoms with Gasteiger partial charge in [-0.1, -0.05) is 36.4 Å². The predicted octanol–water partition coefficient (Wildman–Crippen LogP) is 4.57. The van der Waals surface area contributed by atoms with Gasteiger partial charge in [0.15, 0.2) is 0 Å². The molecule has 5 nitrogen and oxygen atoms in total. The smallest absolute Gasteiger partial charge is 0.270 e. The van der Waals surface area contributed by atoms with Crippen LogP contribution in [0.4, 0.5) is 11.4 Å². The van der Waals surface area contributed by atoms with Gasteiger partial charge >= 0.3 is 0 Å². The molecule has 122 valence electrons. The maximum atomic E-state index is 11.2. The zero-order chi connectivity index (χ0) is 17.6. The molecule has 1 aliphatic carbocycles. The van der Waals surface area contributed by atoms with Crippen LogP contribution in [-0.2, 0) is 0 Å². The Hall–Kier alpha value is -3.47. The second-order valence-electron chi connectivity index (χ2n) is 5.99. The number of nitrogens with zero attached hydrogens (tertiary/aromatic N) is 2. The van der Waals surface area contributed by atoms with Crippen molar-refractivity contribution < 1.29 is 4.92 Å². The van der Waals surface area contributed by atoms with Crippen LogP contribution in [0, 0.1) is 15.5 Å². The zero-order valence-corrected chi connectivity index (χ0v) is 13.6. The molecule has 0 saturated heterocycles. The van der Waals surface area contributed by atoms with Crippen molar-refractivity contribution in [3.63, 3.8) is 0 Å². The van der Waals surface area contributed by atoms with Crippen LogP contribution in [0.1, 0.15) is 5.56 Å². The monoisotopic (exact) mass is 329 g/mol. The number of anilines is 1. The molecule has 0 saturated carbocycles. The van der Waals surface area contributed by atoms with E-state index in [2.05, 4.69) is 4.90 Å². The van der Waals surface area contributed by atoms with E-state index in [4.69, 9.17) is 5.41 Å². The van der Waals surface area contributed by atoms with Crippen LogP contribution in [0.25, 0.3) is 16.8 Å². The molecule has 2 aliphatic rings. The Morgan fingerprint density at radius 2 is 1.64 bits per heavy atom. The minimum absolute atomic E-state index is 0.0870. The summed E-state index contributed by atoms with van der Waals surface area (Å²) in [6.07, 6.45) is 7.40. The van der Waals surface area contributed by atoms with E-state index >= 15 is 0 Å². The number of benzene rings is 2. The average molecular weight is 329 g/mol. The summed E-state index contributed by atoms with van der Waals surface area (Å²) < 4.78 is 0. The average Bonchev–Trinajstić information content (AvgIpc) is 2.63. The van der Waals surface area contributed by atoms with Gasteiger partial charge in [0.05, 0.1) is 16.3 Å². The van der Waals surface area contributed by atoms with Gasteiger partial charge in [-0.05, 0) is 29.4 Å². The van der Waals surface area contributed by atoms with Crippen molar-refractivity contribution in [1.82, 2.24) is 0 Å². The van der Waals surface area contributed by atoms with E-state index in [1.807, 2.05) is 43.5 Å². The summed E-state index contributed by atoms with van der Waals surface area (Å²) in [4.78, 5) is 12.9. The summed E-state index contributed by atoms with van der Waals surface area (Å²) in [5.41, 5.74) is 6.37. The second kappa shape index (κ2) is 5.56. The SMILES string of the molecule is CN1C(=C2C=CC(=N)C=C2)c2ccccc2-c2cc([N+](=O)[O-])ccc21. The van der Waals surface area contributed by atoms with E-state index in [-0.39, 0.29) is 10.6 Å². The Kier molecular flexibility index (Phi) is 3.35. The van der Waals surface area contributed by atoms with Gasteiger partial charge in [0.1, 0.15) is 0 Å². The first kappa shape index (κ1) is 15.1. The standard InChI is InChI=1S/C20H15N3O2/c1-22-19-11-10-15(23(24)25)12-18(19)16-4-2-3-5-17(16)20(22)13-6-8-14(21)9-7-13/h2-12,21H,1H3. The number of rotatable bonds is 1. The van der Waals surface area contributed by atoms with Gasteiger partial charge in [0.25, 0.3) is 5.69 Å². The molecule has 0 bridgehead atoms. The highest BCUT2D eigenvalue weighted by Crippen LogP contribution is 2.46. The Morgan fingerprint density at radius 1 is 0.960 bits per heavy atom. The van der Waals surface area contributed by atoms with Crippen LogP contribution in [0.15, 0.2) is 72.3 Å². The molecule has 2 aromatic carbocycles. The van der Waals surface area contributed by atoms with E-state index in [1.54, 1.807) is 24.3 Å². The predicted molar refractivity (Wildman–Crippen MR) is 99.9 cm³/mol. The highest BCUT2D eigenvalue weighted by atomic mass is 16.6. The lowest BCUT2D eigenvalue weighted by molar-refractivity contribution is -0.384. The van der Waals surface area contributed by atoms with Gasteiger partial charge in [-0.2, -0.15) is 0 Å². The number of hydrogen-bond acceptors (Lipinski definition) is 4. The fourth-order valence-corrected chi connectivity index (χ4v) is 3.35. The lowest BCUT2D eigenvalue weighted by Gasteiger charge is -2.33. The number of nitro groups is 1. The number of nitrogens with one attached hydrogen (secondary N) is 1. The second-order valence-corrected chi connectivity index (χ2v) is 5.99. The third kappa shape index (κ3) is 2.37. The van der Waals surface area contributed by atoms with Gasteiger partial charge in [-0.15, -0.1) is 0 Å². The summed E-state index contributed by atoms with van der Waals surface area (Å²) >= 11 is 0. The van der Waals surface area contributed by atoms with Crippen molar-refractivity contribution in [2.24, 2.45) is 0 Å². The van der Waals surface area contributed by atoms with E-state index in [9.17, 15) is 10.1 Å². The Labute approximate surface area is 144 Å². The van der Waals surface area contributed by atoms with Crippen LogP contribution in [0.2, 0.25) is 0 Å². The van der Waals surface area contributed by atoms with Gasteiger partial charge in [0, 0.05) is 36.0 Å². The van der Waals surface area contributed by atoms with Crippen molar-refractivity contribution in [2.45, 2.75) is 0 Å². The molecule has 0 fully saturated rings. The first-order chi connectivity index (χ1) is 12.1. The minimum atomic E-state index is -0.366. The van der Waals surface area contributed by atoms with Gasteiger partial charge in [-0.25, -0.2) is 0 Å². The topological polar surface area (TPSA) is 70.2 Å². The molecular weight excluding hydrogens is 314 g/mol. The zero-order valence-electron chi connectivity index (χ0n) is 13.6. The first-order valence-corrected chi connectivity index (χ1v) is 7.87. The van der Waals surface area contributed by atoms with Crippen molar-refractivity contribution in [3.05, 3.63) is 88.0 Å². The van der Waals surface area contributed by atoms with Gasteiger partial charge in [-0.3, -0.25) is 10.1 Å². The highest BCUT2D eigenvalue weighted by molar-refractivity contribution is 6.06. The van der Waals surface area contributed by atoms with Crippen molar-refractivity contribution in [2.75, 3.05) is 11.9 Å². The summed E-state index contributed by atoms with van der Waals surface area (Å²) in [6, 6.07) is 12.9. The van der Waals surface area contributed by atoms with Crippen molar-refractivity contribution in [1.29, 1.82) is 5.41 Å². The molecular formula is C20H15N3O2. The fourth-order valence-electron chi connectivity index (χ4n) is 3.35. The van der Waals surface area contributed by atoms with Crippen LogP contribution >= 0.6 is 0 Å². The molecule has 0 spiro atoms. The molecule has 2 aromatic rings. The van der Waals surface area contributed by atoms with Crippen LogP contribution in [0.3, 0.4) is 0 Å². The van der Waals surface area contributed by atoms with Crippen LogP contribution in [-0.4, -0.2) is 17.7 Å². The molecule has 4 rings (SSSR count). The Bertz CT molecular complexity index is 997. The van der Waals surface area contributed by atoms with Crippen molar-refractivity contribution in [3.8, 4) is 11.1 Å². The van der Waals surface area contributed by atoms with E-state index in [1.165, 1.54) is 6.07 Å². The molecule has 0 amide bonds. The third-order valence-electron chi connectivity index (χ3n) is 4.52. The quantitative estimate of drug-likeness (QED) is 0.615. The summed E-state index contributed by atoms with van der Waals surface area (Å²) in [7, 11) is 1.96. The van der Waals surface area contributed by atoms with Crippen LogP contribution in [0.5, 0.6) is 0 Å². The molecule has 5 heteroatoms. The lowest BCUT2D eigenvalue weighted by Crippen LogP contribution is -2.22. The van der Waals surface area contributed by atoms with Crippen LogP contribution < -0.4 is 4.90 Å². The third-order valence-corrected chi connectivity index (χ3v) is 4.52. The maximum Gasteiger partial charge on any atom is 0.270 e. The number of fused-ring (bicyclic) bond motifs is 3. The van der Waals surface area contributed by atoms with E-state index in [0.717, 1.165) is 33.6 Å². The maximum absolute atomic E-state index is 11.2. The molecule has 1 aliphatic heterocycles. The summed E-state index contributed by atoms with van der Waals surface area (Å²) in [5, 5.41) is 18.9. The molecule has 1 N–H and O–H groups in total. The lowest BCUT2D eigenvalue weighted by atomic mass is 9.88. The molecule has 1 heterocycles. The fraction of sp³-hybridized carbons (Fsp3) is 0.0500. The number of hydrogen-bond donors (Lipinski definition) is 1. The normalized spacial score (nSPS) is 15.2. The van der Waals surface area contributed by atoms with E-state index in [0.29, 0.717) is 5.71 Å². The molecule has 0 unspecified atom stereocenters. The largest absolute Gasteiger partial charge is 0.343 e.